The van der Waals surface area contributed by atoms with Crippen LogP contribution in [-0.4, -0.2) is 51.3 Å². The number of halogens is 7. The first-order chi connectivity index (χ1) is 12.5. The number of hydrogen-bond donors (Lipinski definition) is 1. The van der Waals surface area contributed by atoms with Crippen LogP contribution in [0.2, 0.25) is 0 Å². The summed E-state index contributed by atoms with van der Waals surface area (Å²) in [6.07, 6.45) is -7.53. The van der Waals surface area contributed by atoms with Gasteiger partial charge in [-0.2, -0.15) is 26.3 Å². The number of hydrogen-bond acceptors (Lipinski definition) is 4. The number of carbonyl (C=O) groups excluding carboxylic acids is 1. The Bertz CT molecular complexity index is 714. The van der Waals surface area contributed by atoms with Gasteiger partial charge in [0.1, 0.15) is 13.2 Å². The molecule has 28 heavy (non-hydrogen) atoms. The smallest absolute Gasteiger partial charge is 0.431 e. The second-order valence-electron chi connectivity index (χ2n) is 6.49. The third kappa shape index (κ3) is 6.47. The van der Waals surface area contributed by atoms with Crippen molar-refractivity contribution in [2.45, 2.75) is 37.8 Å². The van der Waals surface area contributed by atoms with Gasteiger partial charge in [0.05, 0.1) is 5.75 Å². The van der Waals surface area contributed by atoms with E-state index in [1.807, 2.05) is 0 Å². The Labute approximate surface area is 156 Å². The van der Waals surface area contributed by atoms with Crippen molar-refractivity contribution in [3.8, 4) is 0 Å². The van der Waals surface area contributed by atoms with Crippen LogP contribution in [0.15, 0.2) is 24.3 Å². The topological polar surface area (TPSA) is 72.5 Å². The summed E-state index contributed by atoms with van der Waals surface area (Å²) in [5.41, 5.74) is -6.22. The summed E-state index contributed by atoms with van der Waals surface area (Å²) in [5, 5.41) is 0. The number of carbonyl (C=O) groups is 1. The minimum Gasteiger partial charge on any atom is -0.464 e. The Morgan fingerprint density at radius 2 is 1.68 bits per heavy atom. The highest BCUT2D eigenvalue weighted by atomic mass is 32.2. The molecule has 0 spiro atoms. The third-order valence-corrected chi connectivity index (χ3v) is 5.27. The van der Waals surface area contributed by atoms with Gasteiger partial charge >= 0.3 is 18.3 Å². The zero-order chi connectivity index (χ0) is 21.9. The Hall–Kier alpha value is -1.63. The second kappa shape index (κ2) is 8.39. The number of alkyl halides is 7. The SMILES string of the molecule is CC1(COC(=O)CNS(=O)(=O)CCC(F)(C(F)(F)F)C(F)(F)F)C=CC=CC1. The lowest BCUT2D eigenvalue weighted by molar-refractivity contribution is -0.341. The van der Waals surface area contributed by atoms with Crippen molar-refractivity contribution >= 4 is 16.0 Å². The van der Waals surface area contributed by atoms with Crippen LogP contribution in [0.3, 0.4) is 0 Å². The van der Waals surface area contributed by atoms with Gasteiger partial charge in [0.2, 0.25) is 10.0 Å². The molecule has 1 atom stereocenters. The molecule has 1 unspecified atom stereocenters. The van der Waals surface area contributed by atoms with E-state index in [2.05, 4.69) is 0 Å². The zero-order valence-electron chi connectivity index (χ0n) is 14.5. The standard InChI is InChI=1S/C15H18F7NO4S/c1-12(5-3-2-4-6-12)10-27-11(24)9-23-28(25,26)8-7-13(16,14(17,18)19)15(20,21)22/h2-5,23H,6-10H2,1H3. The highest BCUT2D eigenvalue weighted by Gasteiger charge is 2.72. The first-order valence-electron chi connectivity index (χ1n) is 7.81. The van der Waals surface area contributed by atoms with Gasteiger partial charge in [-0.05, 0) is 6.42 Å². The maximum Gasteiger partial charge on any atom is 0.431 e. The Balaban J connectivity index is 2.58. The summed E-state index contributed by atoms with van der Waals surface area (Å²) in [7, 11) is -4.80. The van der Waals surface area contributed by atoms with Crippen LogP contribution in [0.1, 0.15) is 19.8 Å². The van der Waals surface area contributed by atoms with E-state index in [4.69, 9.17) is 4.74 Å². The number of nitrogens with one attached hydrogen (secondary N) is 1. The van der Waals surface area contributed by atoms with Gasteiger partial charge in [0.15, 0.2) is 0 Å². The molecule has 5 nitrogen and oxygen atoms in total. The van der Waals surface area contributed by atoms with Gasteiger partial charge in [-0.15, -0.1) is 0 Å². The molecule has 13 heteroatoms. The summed E-state index contributed by atoms with van der Waals surface area (Å²) >= 11 is 0. The molecule has 0 aliphatic heterocycles. The molecule has 0 amide bonds. The largest absolute Gasteiger partial charge is 0.464 e. The molecule has 1 rings (SSSR count). The second-order valence-corrected chi connectivity index (χ2v) is 8.42. The van der Waals surface area contributed by atoms with Crippen molar-refractivity contribution in [3.63, 3.8) is 0 Å². The summed E-state index contributed by atoms with van der Waals surface area (Å²) in [5.74, 6) is -2.92. The quantitative estimate of drug-likeness (QED) is 0.464. The first-order valence-corrected chi connectivity index (χ1v) is 9.46. The molecule has 0 radical (unpaired) electrons. The molecular formula is C15H18F7NO4S. The van der Waals surface area contributed by atoms with E-state index < -0.39 is 58.1 Å². The highest BCUT2D eigenvalue weighted by Crippen LogP contribution is 2.48. The van der Waals surface area contributed by atoms with Crippen LogP contribution < -0.4 is 4.72 Å². The molecule has 0 fully saturated rings. The maximum atomic E-state index is 13.5. The normalized spacial score (nSPS) is 21.0. The van der Waals surface area contributed by atoms with Crippen LogP contribution in [0, 0.1) is 5.41 Å². The lowest BCUT2D eigenvalue weighted by Crippen LogP contribution is -2.54. The van der Waals surface area contributed by atoms with Crippen molar-refractivity contribution in [1.29, 1.82) is 0 Å². The van der Waals surface area contributed by atoms with E-state index in [0.717, 1.165) is 0 Å². The van der Waals surface area contributed by atoms with Crippen LogP contribution in [0.25, 0.3) is 0 Å². The van der Waals surface area contributed by atoms with Gasteiger partial charge in [-0.1, -0.05) is 31.2 Å². The molecule has 1 aliphatic rings. The Morgan fingerprint density at radius 3 is 2.14 bits per heavy atom. The summed E-state index contributed by atoms with van der Waals surface area (Å²) in [6.45, 7) is 0.610. The van der Waals surface area contributed by atoms with Crippen LogP contribution in [-0.2, 0) is 19.6 Å². The van der Waals surface area contributed by atoms with Crippen LogP contribution in [0.5, 0.6) is 0 Å². The van der Waals surface area contributed by atoms with E-state index in [0.29, 0.717) is 6.42 Å². The predicted octanol–water partition coefficient (Wildman–Crippen LogP) is 3.19. The fraction of sp³-hybridized carbons (Fsp3) is 0.667. The molecular weight excluding hydrogens is 423 g/mol. The number of rotatable bonds is 8. The van der Waals surface area contributed by atoms with Gasteiger partial charge < -0.3 is 4.74 Å². The number of esters is 1. The maximum absolute atomic E-state index is 13.5. The fourth-order valence-corrected chi connectivity index (χ4v) is 3.17. The van der Waals surface area contributed by atoms with Gasteiger partial charge in [0.25, 0.3) is 5.67 Å². The predicted molar refractivity (Wildman–Crippen MR) is 84.3 cm³/mol. The molecule has 0 heterocycles. The van der Waals surface area contributed by atoms with Crippen LogP contribution in [0.4, 0.5) is 30.7 Å². The first kappa shape index (κ1) is 24.4. The van der Waals surface area contributed by atoms with Crippen molar-refractivity contribution in [2.75, 3.05) is 18.9 Å². The van der Waals surface area contributed by atoms with Crippen molar-refractivity contribution in [1.82, 2.24) is 4.72 Å². The molecule has 0 saturated carbocycles. The van der Waals surface area contributed by atoms with E-state index in [1.54, 1.807) is 31.2 Å². The summed E-state index contributed by atoms with van der Waals surface area (Å²) < 4.78 is 117. The Kier molecular flexibility index (Phi) is 7.32. The molecule has 162 valence electrons. The molecule has 0 aromatic rings. The highest BCUT2D eigenvalue weighted by molar-refractivity contribution is 7.89. The third-order valence-electron chi connectivity index (χ3n) is 3.94. The van der Waals surface area contributed by atoms with Crippen LogP contribution >= 0.6 is 0 Å². The molecule has 0 bridgehead atoms. The summed E-state index contributed by atoms with van der Waals surface area (Å²) in [6, 6.07) is 0. The average Bonchev–Trinajstić information content (AvgIpc) is 2.55. The van der Waals surface area contributed by atoms with E-state index >= 15 is 0 Å². The monoisotopic (exact) mass is 441 g/mol. The molecule has 1 aliphatic carbocycles. The zero-order valence-corrected chi connectivity index (χ0v) is 15.3. The van der Waals surface area contributed by atoms with Gasteiger partial charge in [-0.25, -0.2) is 17.5 Å². The lowest BCUT2D eigenvalue weighted by Gasteiger charge is -2.29. The molecule has 0 aromatic carbocycles. The minimum absolute atomic E-state index is 0.121. The fourth-order valence-electron chi connectivity index (χ4n) is 2.14. The molecule has 0 aromatic heterocycles. The van der Waals surface area contributed by atoms with Crippen molar-refractivity contribution in [2.24, 2.45) is 5.41 Å². The van der Waals surface area contributed by atoms with E-state index in [9.17, 15) is 43.9 Å². The number of sulfonamides is 1. The lowest BCUT2D eigenvalue weighted by atomic mass is 9.85. The molecule has 1 N–H and O–H groups in total. The van der Waals surface area contributed by atoms with E-state index in [1.165, 1.54) is 4.72 Å². The minimum atomic E-state index is -6.35. The Morgan fingerprint density at radius 1 is 1.11 bits per heavy atom. The van der Waals surface area contributed by atoms with Gasteiger partial charge in [-0.3, -0.25) is 4.79 Å². The van der Waals surface area contributed by atoms with Gasteiger partial charge in [0, 0.05) is 11.8 Å². The summed E-state index contributed by atoms with van der Waals surface area (Å²) in [4.78, 5) is 11.6. The molecule has 0 saturated heterocycles. The van der Waals surface area contributed by atoms with Crippen molar-refractivity contribution < 1.29 is 48.7 Å². The average molecular weight is 441 g/mol. The van der Waals surface area contributed by atoms with Crippen molar-refractivity contribution in [3.05, 3.63) is 24.3 Å². The number of ether oxygens (including phenoxy) is 1. The number of allylic oxidation sites excluding steroid dienone is 3. The van der Waals surface area contributed by atoms with E-state index in [-0.39, 0.29) is 6.61 Å².